The van der Waals surface area contributed by atoms with Crippen molar-refractivity contribution in [2.75, 3.05) is 13.2 Å². The van der Waals surface area contributed by atoms with Gasteiger partial charge in [-0.25, -0.2) is 0 Å². The Hall–Kier alpha value is -4.97. The third-order valence-corrected chi connectivity index (χ3v) is 12.0. The molecular weight excluding hydrogens is 925 g/mol. The number of carbonyl (C=O) groups excluding carboxylic acids is 3. The zero-order chi connectivity index (χ0) is 54.3. The van der Waals surface area contributed by atoms with Crippen LogP contribution in [0.25, 0.3) is 0 Å². The van der Waals surface area contributed by atoms with E-state index in [1.165, 1.54) is 64.2 Å². The fourth-order valence-electron chi connectivity index (χ4n) is 7.64. The van der Waals surface area contributed by atoms with Crippen LogP contribution in [0.2, 0.25) is 0 Å². The van der Waals surface area contributed by atoms with E-state index in [-0.39, 0.29) is 44.0 Å². The summed E-state index contributed by atoms with van der Waals surface area (Å²) in [4.78, 5) is 38.2. The van der Waals surface area contributed by atoms with E-state index in [4.69, 9.17) is 14.2 Å². The lowest BCUT2D eigenvalue weighted by atomic mass is 10.0. The summed E-state index contributed by atoms with van der Waals surface area (Å²) in [5, 5.41) is 0. The number of hydrogen-bond acceptors (Lipinski definition) is 6. The molecule has 0 aliphatic heterocycles. The van der Waals surface area contributed by atoms with Gasteiger partial charge in [0.2, 0.25) is 0 Å². The van der Waals surface area contributed by atoms with E-state index >= 15 is 0 Å². The van der Waals surface area contributed by atoms with Gasteiger partial charge in [0.15, 0.2) is 6.10 Å². The molecule has 0 saturated heterocycles. The molecule has 0 aliphatic carbocycles. The summed E-state index contributed by atoms with van der Waals surface area (Å²) in [5.41, 5.74) is 0. The molecule has 1 atom stereocenters. The predicted octanol–water partition coefficient (Wildman–Crippen LogP) is 20.5. The average Bonchev–Trinajstić information content (AvgIpc) is 3.41. The molecule has 0 aromatic heterocycles. The standard InChI is InChI=1S/C69H108O6/c1-4-7-10-13-16-19-22-25-28-30-31-32-33-34-35-36-37-39-41-44-47-50-53-56-59-62-68(71)74-65-66(64-73-67(70)61-58-55-52-49-46-43-40-27-24-21-18-15-12-9-6-3)75-69(72)63-60-57-54-51-48-45-42-38-29-26-23-20-17-14-11-8-5-2/h7-12,16-21,25-29,31-32,40,42,45-46,49,51,54,66H,4-6,13-15,22-24,30,33-39,41,43-44,47-48,50,52-53,55-65H2,1-3H3/b10-7-,11-8-,12-9-,19-16-,20-17-,21-18-,28-25-,29-26-,32-31-,40-27-,45-42-,49-46-,54-51-. The van der Waals surface area contributed by atoms with Crippen LogP contribution in [0, 0.1) is 0 Å². The van der Waals surface area contributed by atoms with Gasteiger partial charge in [0.05, 0.1) is 0 Å². The minimum Gasteiger partial charge on any atom is -0.462 e. The van der Waals surface area contributed by atoms with Crippen molar-refractivity contribution in [1.29, 1.82) is 0 Å². The average molecular weight is 1030 g/mol. The van der Waals surface area contributed by atoms with Crippen LogP contribution in [0.5, 0.6) is 0 Å². The van der Waals surface area contributed by atoms with E-state index < -0.39 is 6.10 Å². The highest BCUT2D eigenvalue weighted by Crippen LogP contribution is 2.14. The SMILES string of the molecule is CC/C=C\C/C=C\C/C=C\C/C=C\C/C=C\CCCC(=O)OC(COC(=O)CCCC/C=C\C/C=C\C/C=C\C/C=C\CC)COC(=O)CCCCCCCCCCCCCC/C=C\C/C=C\C/C=C\C/C=C\CC. The van der Waals surface area contributed by atoms with E-state index in [0.717, 1.165) is 122 Å². The molecule has 0 aromatic carbocycles. The van der Waals surface area contributed by atoms with Crippen LogP contribution in [0.4, 0.5) is 0 Å². The highest BCUT2D eigenvalue weighted by Gasteiger charge is 2.19. The first-order valence-electron chi connectivity index (χ1n) is 30.0. The first-order chi connectivity index (χ1) is 37.0. The number of ether oxygens (including phenoxy) is 3. The molecule has 6 nitrogen and oxygen atoms in total. The van der Waals surface area contributed by atoms with Crippen molar-refractivity contribution in [3.05, 3.63) is 158 Å². The van der Waals surface area contributed by atoms with Crippen LogP contribution in [-0.2, 0) is 28.6 Å². The first-order valence-corrected chi connectivity index (χ1v) is 30.0. The monoisotopic (exact) mass is 1030 g/mol. The van der Waals surface area contributed by atoms with Gasteiger partial charge >= 0.3 is 17.9 Å². The Balaban J connectivity index is 4.47. The molecule has 0 saturated carbocycles. The van der Waals surface area contributed by atoms with E-state index in [1.807, 2.05) is 0 Å². The Labute approximate surface area is 460 Å². The van der Waals surface area contributed by atoms with Gasteiger partial charge in [-0.05, 0) is 135 Å². The summed E-state index contributed by atoms with van der Waals surface area (Å²) in [7, 11) is 0. The number of hydrogen-bond donors (Lipinski definition) is 0. The third-order valence-electron chi connectivity index (χ3n) is 12.0. The van der Waals surface area contributed by atoms with Crippen LogP contribution in [-0.4, -0.2) is 37.2 Å². The molecular formula is C69H108O6. The molecule has 420 valence electrons. The number of esters is 3. The topological polar surface area (TPSA) is 78.9 Å². The molecule has 75 heavy (non-hydrogen) atoms. The van der Waals surface area contributed by atoms with Crippen LogP contribution in [0.1, 0.15) is 239 Å². The second-order valence-electron chi connectivity index (χ2n) is 19.1. The van der Waals surface area contributed by atoms with Gasteiger partial charge in [0, 0.05) is 19.3 Å². The number of allylic oxidation sites excluding steroid dienone is 26. The van der Waals surface area contributed by atoms with Crippen LogP contribution in [0.3, 0.4) is 0 Å². The van der Waals surface area contributed by atoms with E-state index in [1.54, 1.807) is 0 Å². The molecule has 0 aliphatic rings. The van der Waals surface area contributed by atoms with E-state index in [9.17, 15) is 14.4 Å². The quantitative estimate of drug-likeness (QED) is 0.0261. The number of unbranched alkanes of at least 4 members (excludes halogenated alkanes) is 15. The van der Waals surface area contributed by atoms with Crippen molar-refractivity contribution in [3.8, 4) is 0 Å². The summed E-state index contributed by atoms with van der Waals surface area (Å²) < 4.78 is 16.8. The second-order valence-corrected chi connectivity index (χ2v) is 19.1. The van der Waals surface area contributed by atoms with Crippen LogP contribution < -0.4 is 0 Å². The highest BCUT2D eigenvalue weighted by atomic mass is 16.6. The normalized spacial score (nSPS) is 13.3. The van der Waals surface area contributed by atoms with Gasteiger partial charge < -0.3 is 14.2 Å². The summed E-state index contributed by atoms with van der Waals surface area (Å²) in [6.07, 6.45) is 89.7. The smallest absolute Gasteiger partial charge is 0.306 e. The molecule has 0 aromatic rings. The van der Waals surface area contributed by atoms with Crippen molar-refractivity contribution in [2.45, 2.75) is 245 Å². The van der Waals surface area contributed by atoms with Crippen molar-refractivity contribution < 1.29 is 28.6 Å². The Morgan fingerprint density at radius 3 is 0.813 bits per heavy atom. The number of carbonyl (C=O) groups is 3. The number of rotatable bonds is 52. The summed E-state index contributed by atoms with van der Waals surface area (Å²) in [6.45, 7) is 6.20. The van der Waals surface area contributed by atoms with Gasteiger partial charge in [-0.2, -0.15) is 0 Å². The molecule has 0 N–H and O–H groups in total. The zero-order valence-corrected chi connectivity index (χ0v) is 48.0. The molecule has 0 amide bonds. The molecule has 0 fully saturated rings. The van der Waals surface area contributed by atoms with Crippen molar-refractivity contribution in [2.24, 2.45) is 0 Å². The Kier molecular flexibility index (Phi) is 57.5. The summed E-state index contributed by atoms with van der Waals surface area (Å²) in [6, 6.07) is 0. The molecule has 0 radical (unpaired) electrons. The van der Waals surface area contributed by atoms with Gasteiger partial charge in [-0.3, -0.25) is 14.4 Å². The van der Waals surface area contributed by atoms with Crippen LogP contribution in [0.15, 0.2) is 158 Å². The lowest BCUT2D eigenvalue weighted by molar-refractivity contribution is -0.167. The largest absolute Gasteiger partial charge is 0.462 e. The molecule has 1 unspecified atom stereocenters. The zero-order valence-electron chi connectivity index (χ0n) is 48.0. The lowest BCUT2D eigenvalue weighted by Gasteiger charge is -2.18. The maximum absolute atomic E-state index is 12.9. The summed E-state index contributed by atoms with van der Waals surface area (Å²) in [5.74, 6) is -1.03. The van der Waals surface area contributed by atoms with E-state index in [2.05, 4.69) is 179 Å². The highest BCUT2D eigenvalue weighted by molar-refractivity contribution is 5.71. The van der Waals surface area contributed by atoms with Crippen molar-refractivity contribution in [1.82, 2.24) is 0 Å². The van der Waals surface area contributed by atoms with Crippen LogP contribution >= 0.6 is 0 Å². The fourth-order valence-corrected chi connectivity index (χ4v) is 7.64. The third kappa shape index (κ3) is 59.8. The fraction of sp³-hybridized carbons (Fsp3) is 0.580. The van der Waals surface area contributed by atoms with Crippen molar-refractivity contribution in [3.63, 3.8) is 0 Å². The van der Waals surface area contributed by atoms with Gasteiger partial charge in [-0.15, -0.1) is 0 Å². The van der Waals surface area contributed by atoms with E-state index in [0.29, 0.717) is 19.3 Å². The second kappa shape index (κ2) is 61.6. The molecule has 6 heteroatoms. The molecule has 0 heterocycles. The predicted molar refractivity (Wildman–Crippen MR) is 325 cm³/mol. The molecule has 0 rings (SSSR count). The minimum atomic E-state index is -0.834. The maximum Gasteiger partial charge on any atom is 0.306 e. The minimum absolute atomic E-state index is 0.121. The molecule has 0 bridgehead atoms. The maximum atomic E-state index is 12.9. The molecule has 0 spiro atoms. The summed E-state index contributed by atoms with van der Waals surface area (Å²) >= 11 is 0. The van der Waals surface area contributed by atoms with Gasteiger partial charge in [-0.1, -0.05) is 243 Å². The van der Waals surface area contributed by atoms with Gasteiger partial charge in [0.1, 0.15) is 13.2 Å². The Morgan fingerprint density at radius 2 is 0.493 bits per heavy atom. The Bertz CT molecular complexity index is 1710. The first kappa shape index (κ1) is 70.0. The van der Waals surface area contributed by atoms with Crippen molar-refractivity contribution >= 4 is 17.9 Å². The lowest BCUT2D eigenvalue weighted by Crippen LogP contribution is -2.30. The Morgan fingerprint density at radius 1 is 0.267 bits per heavy atom. The van der Waals surface area contributed by atoms with Gasteiger partial charge in [0.25, 0.3) is 0 Å².